The van der Waals surface area contributed by atoms with Crippen molar-refractivity contribution < 1.29 is 13.5 Å². The Morgan fingerprint density at radius 2 is 2.25 bits per heavy atom. The number of benzene rings is 1. The Morgan fingerprint density at radius 1 is 1.40 bits per heavy atom. The van der Waals surface area contributed by atoms with Crippen LogP contribution in [0.15, 0.2) is 28.8 Å². The van der Waals surface area contributed by atoms with E-state index in [0.717, 1.165) is 13.1 Å². The van der Waals surface area contributed by atoms with E-state index < -0.39 is 5.82 Å². The van der Waals surface area contributed by atoms with E-state index >= 15 is 0 Å². The van der Waals surface area contributed by atoms with Crippen molar-refractivity contribution in [2.75, 3.05) is 26.8 Å². The maximum absolute atomic E-state index is 13.1. The molecule has 4 nitrogen and oxygen atoms in total. The second-order valence-electron chi connectivity index (χ2n) is 4.24. The summed E-state index contributed by atoms with van der Waals surface area (Å²) < 4.78 is 23.6. The fraction of sp³-hybridized carbons (Fsp3) is 0.357. The van der Waals surface area contributed by atoms with Crippen molar-refractivity contribution in [1.29, 1.82) is 0 Å². The molecule has 0 aliphatic carbocycles. The number of methoxy groups -OCH3 is 1. The van der Waals surface area contributed by atoms with Gasteiger partial charge in [0.2, 0.25) is 0 Å². The standard InChI is InChI=1S/C14H16ClFN2O2/c1-19-7-6-17-5-4-14-18-9-13(20-14)10-2-3-12(16)11(15)8-10/h2-3,8-9,17H,4-7H2,1H3. The summed E-state index contributed by atoms with van der Waals surface area (Å²) in [7, 11) is 1.66. The fourth-order valence-electron chi connectivity index (χ4n) is 1.70. The molecule has 2 rings (SSSR count). The number of ether oxygens (including phenoxy) is 1. The van der Waals surface area contributed by atoms with Crippen LogP contribution in [-0.4, -0.2) is 31.8 Å². The van der Waals surface area contributed by atoms with Crippen molar-refractivity contribution in [2.45, 2.75) is 6.42 Å². The topological polar surface area (TPSA) is 47.3 Å². The van der Waals surface area contributed by atoms with Gasteiger partial charge in [-0.3, -0.25) is 0 Å². The van der Waals surface area contributed by atoms with Crippen LogP contribution in [-0.2, 0) is 11.2 Å². The van der Waals surface area contributed by atoms with Crippen LogP contribution in [0.4, 0.5) is 4.39 Å². The predicted octanol–water partition coefficient (Wildman–Crippen LogP) is 2.91. The van der Waals surface area contributed by atoms with Crippen molar-refractivity contribution >= 4 is 11.6 Å². The quantitative estimate of drug-likeness (QED) is 0.799. The molecule has 1 aromatic heterocycles. The van der Waals surface area contributed by atoms with Crippen molar-refractivity contribution in [3.8, 4) is 11.3 Å². The van der Waals surface area contributed by atoms with Gasteiger partial charge in [0, 0.05) is 32.2 Å². The number of nitrogens with one attached hydrogen (secondary N) is 1. The third kappa shape index (κ3) is 4.03. The molecule has 2 aromatic rings. The number of oxazole rings is 1. The highest BCUT2D eigenvalue weighted by molar-refractivity contribution is 6.31. The summed E-state index contributed by atoms with van der Waals surface area (Å²) in [5, 5.41) is 3.28. The Hall–Kier alpha value is -1.43. The monoisotopic (exact) mass is 298 g/mol. The molecule has 0 saturated heterocycles. The van der Waals surface area contributed by atoms with Gasteiger partial charge in [0.15, 0.2) is 11.7 Å². The van der Waals surface area contributed by atoms with Crippen LogP contribution in [0, 0.1) is 5.82 Å². The van der Waals surface area contributed by atoms with Crippen LogP contribution in [0.5, 0.6) is 0 Å². The van der Waals surface area contributed by atoms with Gasteiger partial charge in [0.25, 0.3) is 0 Å². The predicted molar refractivity (Wildman–Crippen MR) is 75.4 cm³/mol. The molecule has 1 aromatic carbocycles. The first-order valence-corrected chi connectivity index (χ1v) is 6.68. The molecule has 0 atom stereocenters. The summed E-state index contributed by atoms with van der Waals surface area (Å²) in [6.45, 7) is 2.22. The lowest BCUT2D eigenvalue weighted by Crippen LogP contribution is -2.21. The van der Waals surface area contributed by atoms with Crippen LogP contribution in [0.25, 0.3) is 11.3 Å². The second kappa shape index (κ2) is 7.38. The lowest BCUT2D eigenvalue weighted by molar-refractivity contribution is 0.199. The van der Waals surface area contributed by atoms with E-state index in [0.29, 0.717) is 30.2 Å². The average Bonchev–Trinajstić information content (AvgIpc) is 2.90. The fourth-order valence-corrected chi connectivity index (χ4v) is 1.88. The Labute approximate surface area is 121 Å². The second-order valence-corrected chi connectivity index (χ2v) is 4.65. The number of halogens is 2. The molecule has 108 valence electrons. The first-order chi connectivity index (χ1) is 9.70. The third-order valence-corrected chi connectivity index (χ3v) is 3.05. The SMILES string of the molecule is COCCNCCc1ncc(-c2ccc(F)c(Cl)c2)o1. The summed E-state index contributed by atoms with van der Waals surface area (Å²) in [5.41, 5.74) is 0.711. The van der Waals surface area contributed by atoms with E-state index in [1.165, 1.54) is 12.1 Å². The first kappa shape index (κ1) is 15.0. The van der Waals surface area contributed by atoms with E-state index in [2.05, 4.69) is 10.3 Å². The van der Waals surface area contributed by atoms with Crippen molar-refractivity contribution in [2.24, 2.45) is 0 Å². The zero-order chi connectivity index (χ0) is 14.4. The lowest BCUT2D eigenvalue weighted by atomic mass is 10.2. The number of rotatable bonds is 7. The summed E-state index contributed by atoms with van der Waals surface area (Å²) in [5.74, 6) is 0.765. The summed E-state index contributed by atoms with van der Waals surface area (Å²) >= 11 is 5.74. The highest BCUT2D eigenvalue weighted by Gasteiger charge is 2.08. The van der Waals surface area contributed by atoms with Crippen LogP contribution < -0.4 is 5.32 Å². The summed E-state index contributed by atoms with van der Waals surface area (Å²) in [6, 6.07) is 4.45. The highest BCUT2D eigenvalue weighted by Crippen LogP contribution is 2.25. The molecule has 0 aliphatic heterocycles. The molecular weight excluding hydrogens is 283 g/mol. The molecule has 1 N–H and O–H groups in total. The Bertz CT molecular complexity index is 560. The van der Waals surface area contributed by atoms with Crippen LogP contribution >= 0.6 is 11.6 Å². The molecule has 0 bridgehead atoms. The Kier molecular flexibility index (Phi) is 5.52. The van der Waals surface area contributed by atoms with Gasteiger partial charge in [-0.25, -0.2) is 9.37 Å². The lowest BCUT2D eigenvalue weighted by Gasteiger charge is -2.01. The van der Waals surface area contributed by atoms with Gasteiger partial charge in [0.1, 0.15) is 5.82 Å². The molecule has 0 spiro atoms. The van der Waals surface area contributed by atoms with E-state index in [-0.39, 0.29) is 5.02 Å². The molecule has 0 fully saturated rings. The van der Waals surface area contributed by atoms with Gasteiger partial charge in [0.05, 0.1) is 17.8 Å². The molecule has 20 heavy (non-hydrogen) atoms. The Balaban J connectivity index is 1.93. The van der Waals surface area contributed by atoms with Gasteiger partial charge in [-0.1, -0.05) is 11.6 Å². The minimum absolute atomic E-state index is 0.0710. The number of hydrogen-bond acceptors (Lipinski definition) is 4. The van der Waals surface area contributed by atoms with Crippen LogP contribution in [0.3, 0.4) is 0 Å². The van der Waals surface area contributed by atoms with Crippen LogP contribution in [0.1, 0.15) is 5.89 Å². The molecule has 0 saturated carbocycles. The largest absolute Gasteiger partial charge is 0.441 e. The van der Waals surface area contributed by atoms with E-state index in [1.807, 2.05) is 0 Å². The highest BCUT2D eigenvalue weighted by atomic mass is 35.5. The molecule has 0 radical (unpaired) electrons. The average molecular weight is 299 g/mol. The molecule has 1 heterocycles. The Morgan fingerprint density at radius 3 is 3.00 bits per heavy atom. The first-order valence-electron chi connectivity index (χ1n) is 6.30. The zero-order valence-electron chi connectivity index (χ0n) is 11.2. The molecule has 6 heteroatoms. The van der Waals surface area contributed by atoms with Gasteiger partial charge in [-0.2, -0.15) is 0 Å². The van der Waals surface area contributed by atoms with Gasteiger partial charge < -0.3 is 14.5 Å². The number of nitrogens with zero attached hydrogens (tertiary/aromatic N) is 1. The minimum atomic E-state index is -0.447. The normalized spacial score (nSPS) is 10.9. The zero-order valence-corrected chi connectivity index (χ0v) is 11.9. The maximum Gasteiger partial charge on any atom is 0.196 e. The van der Waals surface area contributed by atoms with E-state index in [4.69, 9.17) is 20.8 Å². The molecule has 0 aliphatic rings. The maximum atomic E-state index is 13.1. The molecular formula is C14H16ClFN2O2. The molecule has 0 amide bonds. The smallest absolute Gasteiger partial charge is 0.196 e. The van der Waals surface area contributed by atoms with Crippen molar-refractivity contribution in [3.63, 3.8) is 0 Å². The van der Waals surface area contributed by atoms with E-state index in [9.17, 15) is 4.39 Å². The van der Waals surface area contributed by atoms with Crippen molar-refractivity contribution in [1.82, 2.24) is 10.3 Å². The summed E-state index contributed by atoms with van der Waals surface area (Å²) in [4.78, 5) is 4.19. The van der Waals surface area contributed by atoms with Gasteiger partial charge >= 0.3 is 0 Å². The number of hydrogen-bond donors (Lipinski definition) is 1. The third-order valence-electron chi connectivity index (χ3n) is 2.76. The number of aromatic nitrogens is 1. The van der Waals surface area contributed by atoms with Gasteiger partial charge in [-0.15, -0.1) is 0 Å². The van der Waals surface area contributed by atoms with Gasteiger partial charge in [-0.05, 0) is 18.2 Å². The van der Waals surface area contributed by atoms with Crippen LogP contribution in [0.2, 0.25) is 5.02 Å². The van der Waals surface area contributed by atoms with Crippen molar-refractivity contribution in [3.05, 3.63) is 41.1 Å². The minimum Gasteiger partial charge on any atom is -0.441 e. The molecule has 0 unspecified atom stereocenters. The summed E-state index contributed by atoms with van der Waals surface area (Å²) in [6.07, 6.45) is 2.30. The van der Waals surface area contributed by atoms with E-state index in [1.54, 1.807) is 19.4 Å².